The molecule has 1 atom stereocenters. The minimum atomic E-state index is -4.24. The minimum absolute atomic E-state index is 0.0163. The fraction of sp³-hybridized carbons (Fsp3) is 0.233. The molecule has 220 valence electrons. The number of carbonyl (C=O) groups excluding carboxylic acids is 1. The van der Waals surface area contributed by atoms with E-state index in [9.17, 15) is 27.5 Å². The zero-order valence-corrected chi connectivity index (χ0v) is 24.9. The Balaban J connectivity index is 1.56. The Morgan fingerprint density at radius 3 is 2.29 bits per heavy atom. The standard InChI is InChI=1S/C30H31FN4O5S2/c1-4-19(2)27-33-28(41-3)26(29(36)37)35(27)18-21-9-13-22(14-10-21)24-7-5-6-8-25(24)42(39,40)34-30(38)32-17-20-11-15-23(31)16-12-20/h5-16,19H,4,17-18H2,1-3H3,(H,36,37)(H2,32,34,38). The summed E-state index contributed by atoms with van der Waals surface area (Å²) in [5.74, 6) is -0.710. The number of hydrogen-bond acceptors (Lipinski definition) is 6. The molecule has 0 aliphatic carbocycles. The van der Waals surface area contributed by atoms with Gasteiger partial charge in [-0.1, -0.05) is 68.4 Å². The van der Waals surface area contributed by atoms with Gasteiger partial charge < -0.3 is 15.0 Å². The smallest absolute Gasteiger partial charge is 0.355 e. The van der Waals surface area contributed by atoms with Crippen molar-refractivity contribution >= 4 is 33.8 Å². The first-order valence-electron chi connectivity index (χ1n) is 13.1. The van der Waals surface area contributed by atoms with Gasteiger partial charge in [0.1, 0.15) is 16.7 Å². The van der Waals surface area contributed by atoms with Crippen LogP contribution in [-0.4, -0.2) is 41.3 Å². The fourth-order valence-corrected chi connectivity index (χ4v) is 6.16. The van der Waals surface area contributed by atoms with Crippen molar-refractivity contribution in [3.8, 4) is 11.1 Å². The van der Waals surface area contributed by atoms with Crippen molar-refractivity contribution in [1.29, 1.82) is 0 Å². The van der Waals surface area contributed by atoms with Gasteiger partial charge >= 0.3 is 12.0 Å². The fourth-order valence-electron chi connectivity index (χ4n) is 4.42. The molecule has 42 heavy (non-hydrogen) atoms. The molecule has 0 bridgehead atoms. The second-order valence-corrected chi connectivity index (χ2v) is 12.1. The van der Waals surface area contributed by atoms with Gasteiger partial charge in [-0.05, 0) is 47.6 Å². The van der Waals surface area contributed by atoms with Crippen molar-refractivity contribution in [2.24, 2.45) is 0 Å². The Morgan fingerprint density at radius 2 is 1.67 bits per heavy atom. The first-order chi connectivity index (χ1) is 20.0. The van der Waals surface area contributed by atoms with Gasteiger partial charge in [0.25, 0.3) is 10.0 Å². The Labute approximate surface area is 248 Å². The van der Waals surface area contributed by atoms with Crippen LogP contribution >= 0.6 is 11.8 Å². The topological polar surface area (TPSA) is 130 Å². The molecule has 3 N–H and O–H groups in total. The molecule has 0 aliphatic heterocycles. The highest BCUT2D eigenvalue weighted by atomic mass is 32.2. The van der Waals surface area contributed by atoms with Gasteiger partial charge in [-0.25, -0.2) is 32.1 Å². The number of amides is 2. The summed E-state index contributed by atoms with van der Waals surface area (Å²) in [6, 6.07) is 18.0. The Hall–Kier alpha value is -4.16. The van der Waals surface area contributed by atoms with Crippen molar-refractivity contribution < 1.29 is 27.5 Å². The molecule has 0 fully saturated rings. The summed E-state index contributed by atoms with van der Waals surface area (Å²) in [6.07, 6.45) is 2.59. The van der Waals surface area contributed by atoms with Gasteiger partial charge in [-0.15, -0.1) is 11.8 Å². The molecule has 12 heteroatoms. The number of hydrogen-bond donors (Lipinski definition) is 3. The summed E-state index contributed by atoms with van der Waals surface area (Å²) < 4.78 is 43.2. The highest BCUT2D eigenvalue weighted by Crippen LogP contribution is 2.30. The molecule has 0 aliphatic rings. The van der Waals surface area contributed by atoms with E-state index in [1.165, 1.54) is 42.1 Å². The van der Waals surface area contributed by atoms with E-state index in [4.69, 9.17) is 0 Å². The Morgan fingerprint density at radius 1 is 1.02 bits per heavy atom. The van der Waals surface area contributed by atoms with Gasteiger partial charge in [-0.3, -0.25) is 0 Å². The van der Waals surface area contributed by atoms with Crippen LogP contribution in [0.4, 0.5) is 9.18 Å². The van der Waals surface area contributed by atoms with Crippen molar-refractivity contribution in [3.63, 3.8) is 0 Å². The lowest BCUT2D eigenvalue weighted by Crippen LogP contribution is -2.39. The molecule has 0 radical (unpaired) electrons. The molecule has 4 rings (SSSR count). The van der Waals surface area contributed by atoms with Crippen LogP contribution in [0, 0.1) is 5.82 Å². The van der Waals surface area contributed by atoms with Crippen molar-refractivity contribution in [3.05, 3.63) is 101 Å². The van der Waals surface area contributed by atoms with Crippen LogP contribution in [0.15, 0.2) is 82.7 Å². The zero-order valence-electron chi connectivity index (χ0n) is 23.3. The number of carbonyl (C=O) groups is 2. The van der Waals surface area contributed by atoms with E-state index in [0.29, 0.717) is 27.5 Å². The number of aromatic carboxylic acids is 1. The quantitative estimate of drug-likeness (QED) is 0.181. The number of nitrogens with zero attached hydrogens (tertiary/aromatic N) is 2. The third kappa shape index (κ3) is 7.00. The SMILES string of the molecule is CCC(C)c1nc(SC)c(C(=O)O)n1Cc1ccc(-c2ccccc2S(=O)(=O)NC(=O)NCc2ccc(F)cc2)cc1. The predicted molar refractivity (Wildman–Crippen MR) is 160 cm³/mol. The summed E-state index contributed by atoms with van der Waals surface area (Å²) in [6.45, 7) is 4.33. The van der Waals surface area contributed by atoms with Gasteiger partial charge in [-0.2, -0.15) is 0 Å². The van der Waals surface area contributed by atoms with E-state index in [2.05, 4.69) is 10.3 Å². The molecule has 1 heterocycles. The normalized spacial score (nSPS) is 12.1. The minimum Gasteiger partial charge on any atom is -0.476 e. The van der Waals surface area contributed by atoms with Crippen LogP contribution in [-0.2, 0) is 23.1 Å². The first-order valence-corrected chi connectivity index (χ1v) is 15.9. The van der Waals surface area contributed by atoms with E-state index in [1.807, 2.05) is 30.7 Å². The lowest BCUT2D eigenvalue weighted by Gasteiger charge is -2.15. The number of benzene rings is 3. The molecule has 1 unspecified atom stereocenters. The molecule has 2 amide bonds. The van der Waals surface area contributed by atoms with Crippen molar-refractivity contribution in [2.45, 2.75) is 49.2 Å². The molecule has 9 nitrogen and oxygen atoms in total. The molecular weight excluding hydrogens is 579 g/mol. The number of carboxylic acids is 1. The Kier molecular flexibility index (Phi) is 9.69. The number of carboxylic acid groups (broad SMARTS) is 1. The maximum Gasteiger partial charge on any atom is 0.355 e. The van der Waals surface area contributed by atoms with Crippen LogP contribution in [0.25, 0.3) is 11.1 Å². The summed E-state index contributed by atoms with van der Waals surface area (Å²) >= 11 is 1.29. The van der Waals surface area contributed by atoms with Gasteiger partial charge in [0.05, 0.1) is 4.90 Å². The number of urea groups is 1. The first kappa shape index (κ1) is 30.8. The monoisotopic (exact) mass is 610 g/mol. The van der Waals surface area contributed by atoms with E-state index >= 15 is 0 Å². The Bertz CT molecular complexity index is 1690. The molecule has 1 aromatic heterocycles. The molecule has 0 saturated carbocycles. The van der Waals surface area contributed by atoms with E-state index < -0.39 is 27.8 Å². The lowest BCUT2D eigenvalue weighted by molar-refractivity contribution is 0.0681. The third-order valence-electron chi connectivity index (χ3n) is 6.79. The number of nitrogens with one attached hydrogen (secondary N) is 2. The number of thioether (sulfide) groups is 1. The van der Waals surface area contributed by atoms with Crippen LogP contribution in [0.3, 0.4) is 0 Å². The molecular formula is C30H31FN4O5S2. The zero-order chi connectivity index (χ0) is 30.4. The number of halogens is 1. The number of rotatable bonds is 11. The second kappa shape index (κ2) is 13.2. The number of imidazole rings is 1. The van der Waals surface area contributed by atoms with E-state index in [1.54, 1.807) is 41.2 Å². The van der Waals surface area contributed by atoms with Crippen molar-refractivity contribution in [1.82, 2.24) is 19.6 Å². The van der Waals surface area contributed by atoms with Crippen LogP contribution in [0.2, 0.25) is 0 Å². The lowest BCUT2D eigenvalue weighted by atomic mass is 10.0. The third-order valence-corrected chi connectivity index (χ3v) is 8.85. The maximum absolute atomic E-state index is 13.2. The highest BCUT2D eigenvalue weighted by molar-refractivity contribution is 7.98. The highest BCUT2D eigenvalue weighted by Gasteiger charge is 2.25. The molecule has 3 aromatic carbocycles. The summed E-state index contributed by atoms with van der Waals surface area (Å²) in [4.78, 5) is 29.0. The van der Waals surface area contributed by atoms with Gasteiger partial charge in [0.2, 0.25) is 0 Å². The largest absolute Gasteiger partial charge is 0.476 e. The molecule has 0 spiro atoms. The summed E-state index contributed by atoms with van der Waals surface area (Å²) in [5, 5.41) is 12.8. The van der Waals surface area contributed by atoms with E-state index in [-0.39, 0.29) is 29.6 Å². The van der Waals surface area contributed by atoms with Crippen LogP contribution < -0.4 is 10.0 Å². The van der Waals surface area contributed by atoms with Gasteiger partial charge in [0, 0.05) is 24.6 Å². The predicted octanol–water partition coefficient (Wildman–Crippen LogP) is 5.86. The van der Waals surface area contributed by atoms with Crippen LogP contribution in [0.1, 0.15) is 53.6 Å². The molecule has 0 saturated heterocycles. The molecule has 4 aromatic rings. The average molecular weight is 611 g/mol. The number of sulfonamides is 1. The maximum atomic E-state index is 13.2. The van der Waals surface area contributed by atoms with Crippen LogP contribution in [0.5, 0.6) is 0 Å². The second-order valence-electron chi connectivity index (χ2n) is 9.64. The van der Waals surface area contributed by atoms with E-state index in [0.717, 1.165) is 12.0 Å². The van der Waals surface area contributed by atoms with Gasteiger partial charge in [0.15, 0.2) is 5.69 Å². The number of aromatic nitrogens is 2. The average Bonchev–Trinajstić information content (AvgIpc) is 3.35. The summed E-state index contributed by atoms with van der Waals surface area (Å²) in [7, 11) is -4.24. The summed E-state index contributed by atoms with van der Waals surface area (Å²) in [5.41, 5.74) is 2.55. The van der Waals surface area contributed by atoms with Crippen molar-refractivity contribution in [2.75, 3.05) is 6.26 Å².